The molecular weight excluding hydrogens is 382 g/mol. The number of amides is 1. The van der Waals surface area contributed by atoms with Gasteiger partial charge in [-0.2, -0.15) is 0 Å². The average Bonchev–Trinajstić information content (AvgIpc) is 3.34. The minimum Gasteiger partial charge on any atom is -0.385 e. The number of aromatic nitrogens is 2. The summed E-state index contributed by atoms with van der Waals surface area (Å²) in [4.78, 5) is 17.6. The van der Waals surface area contributed by atoms with Crippen molar-refractivity contribution in [2.24, 2.45) is 0 Å². The molecule has 2 heterocycles. The molecule has 0 unspecified atom stereocenters. The van der Waals surface area contributed by atoms with E-state index < -0.39 is 0 Å². The van der Waals surface area contributed by atoms with Crippen molar-refractivity contribution < 1.29 is 9.53 Å². The van der Waals surface area contributed by atoms with Gasteiger partial charge in [0.15, 0.2) is 0 Å². The Kier molecular flexibility index (Phi) is 7.61. The molecule has 3 rings (SSSR count). The van der Waals surface area contributed by atoms with Crippen LogP contribution >= 0.6 is 11.3 Å². The molecule has 2 aromatic heterocycles. The van der Waals surface area contributed by atoms with Crippen LogP contribution in [0.5, 0.6) is 0 Å². The van der Waals surface area contributed by atoms with Crippen molar-refractivity contribution >= 4 is 17.2 Å². The van der Waals surface area contributed by atoms with E-state index in [0.29, 0.717) is 13.2 Å². The molecule has 29 heavy (non-hydrogen) atoms. The lowest BCUT2D eigenvalue weighted by atomic mass is 10.2. The normalized spacial score (nSPS) is 11.0. The number of nitrogens with zero attached hydrogens (tertiary/aromatic N) is 2. The molecule has 0 fully saturated rings. The lowest BCUT2D eigenvalue weighted by Crippen LogP contribution is -2.24. The second-order valence-electron chi connectivity index (χ2n) is 7.04. The van der Waals surface area contributed by atoms with E-state index in [2.05, 4.69) is 34.3 Å². The summed E-state index contributed by atoms with van der Waals surface area (Å²) < 4.78 is 7.42. The highest BCUT2D eigenvalue weighted by molar-refractivity contribution is 7.13. The first kappa shape index (κ1) is 21.3. The summed E-state index contributed by atoms with van der Waals surface area (Å²) in [6, 6.07) is 12.2. The van der Waals surface area contributed by atoms with Crippen LogP contribution in [-0.2, 0) is 11.3 Å². The Morgan fingerprint density at radius 2 is 2.03 bits per heavy atom. The third-order valence-corrected chi connectivity index (χ3v) is 5.84. The standard InChI is InChI=1S/C23H29N3O2S/c1-4-5-12-24-22(27)19-15-21(26(17(19)2)13-9-14-28-3)20-16-29-23(25-20)18-10-7-6-8-11-18/h6-8,10-11,15-16H,4-5,9,12-14H2,1-3H3,(H,24,27). The Morgan fingerprint density at radius 1 is 1.24 bits per heavy atom. The Morgan fingerprint density at radius 3 is 2.76 bits per heavy atom. The molecule has 6 heteroatoms. The van der Waals surface area contributed by atoms with E-state index in [-0.39, 0.29) is 5.91 Å². The lowest BCUT2D eigenvalue weighted by molar-refractivity contribution is 0.0952. The number of thiazole rings is 1. The second-order valence-corrected chi connectivity index (χ2v) is 7.90. The van der Waals surface area contributed by atoms with Crippen molar-refractivity contribution in [1.29, 1.82) is 0 Å². The van der Waals surface area contributed by atoms with E-state index in [9.17, 15) is 4.79 Å². The van der Waals surface area contributed by atoms with E-state index in [0.717, 1.165) is 59.0 Å². The third-order valence-electron chi connectivity index (χ3n) is 4.94. The van der Waals surface area contributed by atoms with E-state index >= 15 is 0 Å². The van der Waals surface area contributed by atoms with Gasteiger partial charge in [0, 0.05) is 43.4 Å². The number of hydrogen-bond acceptors (Lipinski definition) is 4. The lowest BCUT2D eigenvalue weighted by Gasteiger charge is -2.11. The molecule has 154 valence electrons. The van der Waals surface area contributed by atoms with E-state index in [1.807, 2.05) is 31.2 Å². The van der Waals surface area contributed by atoms with Gasteiger partial charge in [0.1, 0.15) is 5.01 Å². The predicted octanol–water partition coefficient (Wildman–Crippen LogP) is 5.15. The molecule has 0 aliphatic rings. The molecule has 1 amide bonds. The largest absolute Gasteiger partial charge is 0.385 e. The van der Waals surface area contributed by atoms with Crippen LogP contribution in [0.4, 0.5) is 0 Å². The van der Waals surface area contributed by atoms with Crippen LogP contribution in [-0.4, -0.2) is 35.7 Å². The van der Waals surface area contributed by atoms with Crippen LogP contribution in [0, 0.1) is 6.92 Å². The SMILES string of the molecule is CCCCNC(=O)c1cc(-c2csc(-c3ccccc3)n2)n(CCCOC)c1C. The number of carbonyl (C=O) groups is 1. The Labute approximate surface area is 176 Å². The fourth-order valence-electron chi connectivity index (χ4n) is 3.32. The fourth-order valence-corrected chi connectivity index (χ4v) is 4.14. The van der Waals surface area contributed by atoms with Crippen LogP contribution in [0.25, 0.3) is 22.0 Å². The number of hydrogen-bond donors (Lipinski definition) is 1. The number of benzene rings is 1. The molecule has 5 nitrogen and oxygen atoms in total. The van der Waals surface area contributed by atoms with E-state index in [4.69, 9.17) is 9.72 Å². The minimum absolute atomic E-state index is 0.0128. The first-order chi connectivity index (χ1) is 14.2. The number of rotatable bonds is 10. The Bertz CT molecular complexity index is 931. The first-order valence-corrected chi connectivity index (χ1v) is 11.0. The van der Waals surface area contributed by atoms with Crippen molar-refractivity contribution in [3.05, 3.63) is 53.0 Å². The maximum absolute atomic E-state index is 12.7. The Balaban J connectivity index is 1.92. The quantitative estimate of drug-likeness (QED) is 0.469. The monoisotopic (exact) mass is 411 g/mol. The summed E-state index contributed by atoms with van der Waals surface area (Å²) >= 11 is 1.63. The number of carbonyl (C=O) groups excluding carboxylic acids is 1. The molecule has 0 spiro atoms. The molecule has 0 aliphatic carbocycles. The van der Waals surface area contributed by atoms with Gasteiger partial charge < -0.3 is 14.6 Å². The third kappa shape index (κ3) is 5.14. The zero-order valence-electron chi connectivity index (χ0n) is 17.4. The topological polar surface area (TPSA) is 56.2 Å². The van der Waals surface area contributed by atoms with Gasteiger partial charge in [0.05, 0.1) is 17.0 Å². The van der Waals surface area contributed by atoms with Crippen LogP contribution in [0.3, 0.4) is 0 Å². The van der Waals surface area contributed by atoms with Crippen molar-refractivity contribution in [1.82, 2.24) is 14.9 Å². The highest BCUT2D eigenvalue weighted by atomic mass is 32.1. The van der Waals surface area contributed by atoms with Gasteiger partial charge in [-0.3, -0.25) is 4.79 Å². The smallest absolute Gasteiger partial charge is 0.253 e. The number of unbranched alkanes of at least 4 members (excludes halogenated alkanes) is 1. The van der Waals surface area contributed by atoms with Gasteiger partial charge in [0.25, 0.3) is 5.91 Å². The van der Waals surface area contributed by atoms with Gasteiger partial charge in [-0.15, -0.1) is 11.3 Å². The molecule has 3 aromatic rings. The summed E-state index contributed by atoms with van der Waals surface area (Å²) in [6.07, 6.45) is 2.92. The van der Waals surface area contributed by atoms with Crippen LogP contribution in [0.2, 0.25) is 0 Å². The number of nitrogens with one attached hydrogen (secondary N) is 1. The van der Waals surface area contributed by atoms with Crippen molar-refractivity contribution in [2.45, 2.75) is 39.7 Å². The minimum atomic E-state index is -0.0128. The fraction of sp³-hybridized carbons (Fsp3) is 0.391. The van der Waals surface area contributed by atoms with Crippen LogP contribution in [0.1, 0.15) is 42.2 Å². The molecular formula is C23H29N3O2S. The highest BCUT2D eigenvalue weighted by Crippen LogP contribution is 2.31. The highest BCUT2D eigenvalue weighted by Gasteiger charge is 2.20. The molecule has 0 saturated heterocycles. The first-order valence-electron chi connectivity index (χ1n) is 10.1. The van der Waals surface area contributed by atoms with Crippen LogP contribution < -0.4 is 5.32 Å². The van der Waals surface area contributed by atoms with Crippen molar-refractivity contribution in [3.8, 4) is 22.0 Å². The zero-order valence-corrected chi connectivity index (χ0v) is 18.2. The Hall–Kier alpha value is -2.44. The maximum atomic E-state index is 12.7. The summed E-state index contributed by atoms with van der Waals surface area (Å²) in [7, 11) is 1.71. The zero-order chi connectivity index (χ0) is 20.6. The average molecular weight is 412 g/mol. The van der Waals surface area contributed by atoms with Crippen molar-refractivity contribution in [3.63, 3.8) is 0 Å². The molecule has 0 saturated carbocycles. The molecule has 0 aliphatic heterocycles. The van der Waals surface area contributed by atoms with Crippen LogP contribution in [0.15, 0.2) is 41.8 Å². The summed E-state index contributed by atoms with van der Waals surface area (Å²) in [5, 5.41) is 6.09. The molecule has 0 bridgehead atoms. The van der Waals surface area contributed by atoms with E-state index in [1.54, 1.807) is 18.4 Å². The van der Waals surface area contributed by atoms with Gasteiger partial charge in [-0.25, -0.2) is 4.98 Å². The summed E-state index contributed by atoms with van der Waals surface area (Å²) in [6.45, 7) is 6.30. The molecule has 1 aromatic carbocycles. The van der Waals surface area contributed by atoms with Gasteiger partial charge in [-0.1, -0.05) is 43.7 Å². The number of ether oxygens (including phenoxy) is 1. The summed E-state index contributed by atoms with van der Waals surface area (Å²) in [5.74, 6) is -0.0128. The molecule has 0 radical (unpaired) electrons. The predicted molar refractivity (Wildman–Crippen MR) is 119 cm³/mol. The number of methoxy groups -OCH3 is 1. The second kappa shape index (κ2) is 10.4. The van der Waals surface area contributed by atoms with Gasteiger partial charge >= 0.3 is 0 Å². The van der Waals surface area contributed by atoms with Crippen molar-refractivity contribution in [2.75, 3.05) is 20.3 Å². The van der Waals surface area contributed by atoms with Gasteiger partial charge in [0.2, 0.25) is 0 Å². The van der Waals surface area contributed by atoms with Gasteiger partial charge in [-0.05, 0) is 25.8 Å². The molecule has 0 atom stereocenters. The molecule has 1 N–H and O–H groups in total. The van der Waals surface area contributed by atoms with E-state index in [1.165, 1.54) is 0 Å². The maximum Gasteiger partial charge on any atom is 0.253 e. The summed E-state index contributed by atoms with van der Waals surface area (Å²) in [5.41, 5.74) is 4.69.